The molecule has 0 aliphatic carbocycles. The van der Waals surface area contributed by atoms with Crippen molar-refractivity contribution in [3.05, 3.63) is 35.4 Å². The number of rotatable bonds is 4. The molecule has 0 spiro atoms. The van der Waals surface area contributed by atoms with Gasteiger partial charge in [-0.3, -0.25) is 19.3 Å². The Bertz CT molecular complexity index is 761. The number of carbonyl (C=O) groups excluding carboxylic acids is 3. The minimum atomic E-state index is -3.16. The van der Waals surface area contributed by atoms with Gasteiger partial charge in [-0.15, -0.1) is 0 Å². The lowest BCUT2D eigenvalue weighted by Crippen LogP contribution is -2.59. The monoisotopic (exact) mass is 336 g/mol. The highest BCUT2D eigenvalue weighted by molar-refractivity contribution is 7.92. The maximum atomic E-state index is 12.2. The fraction of sp³-hybridized carbons (Fsp3) is 0.400. The molecule has 1 aromatic rings. The van der Waals surface area contributed by atoms with Crippen LogP contribution in [-0.4, -0.2) is 66.6 Å². The summed E-state index contributed by atoms with van der Waals surface area (Å²) in [5, 5.41) is -0.543. The average molecular weight is 336 g/mol. The Morgan fingerprint density at radius 2 is 1.65 bits per heavy atom. The smallest absolute Gasteiger partial charge is 0.262 e. The molecule has 1 aromatic carbocycles. The van der Waals surface area contributed by atoms with E-state index in [1.165, 1.54) is 4.90 Å². The van der Waals surface area contributed by atoms with Crippen molar-refractivity contribution in [3.8, 4) is 0 Å². The first-order valence-electron chi connectivity index (χ1n) is 7.29. The highest BCUT2D eigenvalue weighted by atomic mass is 32.2. The third-order valence-corrected chi connectivity index (χ3v) is 6.40. The summed E-state index contributed by atoms with van der Waals surface area (Å²) < 4.78 is 23.4. The molecule has 8 heteroatoms. The van der Waals surface area contributed by atoms with Gasteiger partial charge in [0.25, 0.3) is 11.8 Å². The van der Waals surface area contributed by atoms with Gasteiger partial charge in [-0.2, -0.15) is 0 Å². The number of benzene rings is 1. The van der Waals surface area contributed by atoms with E-state index in [1.807, 2.05) is 0 Å². The molecular formula is C15H16N2O5S. The molecule has 2 aliphatic heterocycles. The zero-order valence-electron chi connectivity index (χ0n) is 12.6. The zero-order chi connectivity index (χ0) is 16.8. The molecule has 0 radical (unpaired) electrons. The fourth-order valence-corrected chi connectivity index (χ4v) is 4.01. The van der Waals surface area contributed by atoms with Gasteiger partial charge in [-0.1, -0.05) is 19.1 Å². The minimum absolute atomic E-state index is 0.0398. The molecule has 2 aliphatic rings. The van der Waals surface area contributed by atoms with Crippen molar-refractivity contribution in [2.45, 2.75) is 12.2 Å². The molecule has 23 heavy (non-hydrogen) atoms. The molecule has 1 fully saturated rings. The first-order valence-corrected chi connectivity index (χ1v) is 9.01. The van der Waals surface area contributed by atoms with E-state index in [9.17, 15) is 22.8 Å². The standard InChI is InChI=1S/C15H16N2O5S/c1-2-23(21,22)10-7-16(8-10)13(18)9-17-14(19)11-5-3-4-6-12(11)15(17)20/h3-6,10H,2,7-9H2,1H3. The van der Waals surface area contributed by atoms with Crippen LogP contribution in [0.15, 0.2) is 24.3 Å². The number of carbonyl (C=O) groups is 3. The van der Waals surface area contributed by atoms with E-state index >= 15 is 0 Å². The summed E-state index contributed by atoms with van der Waals surface area (Å²) in [4.78, 5) is 38.8. The molecule has 0 bridgehead atoms. The second kappa shape index (κ2) is 5.45. The predicted molar refractivity (Wildman–Crippen MR) is 81.6 cm³/mol. The van der Waals surface area contributed by atoms with Crippen LogP contribution in [-0.2, 0) is 14.6 Å². The average Bonchev–Trinajstić information content (AvgIpc) is 2.71. The Kier molecular flexibility index (Phi) is 3.71. The summed E-state index contributed by atoms with van der Waals surface area (Å²) in [6.45, 7) is 1.46. The van der Waals surface area contributed by atoms with Gasteiger partial charge in [-0.25, -0.2) is 8.42 Å². The van der Waals surface area contributed by atoms with Gasteiger partial charge in [0.1, 0.15) is 6.54 Å². The van der Waals surface area contributed by atoms with E-state index in [-0.39, 0.29) is 25.4 Å². The molecule has 3 rings (SSSR count). The van der Waals surface area contributed by atoms with Crippen LogP contribution in [0, 0.1) is 0 Å². The minimum Gasteiger partial charge on any atom is -0.338 e. The lowest BCUT2D eigenvalue weighted by atomic mass is 10.1. The van der Waals surface area contributed by atoms with Crippen LogP contribution >= 0.6 is 0 Å². The van der Waals surface area contributed by atoms with Gasteiger partial charge in [0.05, 0.1) is 16.4 Å². The number of nitrogens with zero attached hydrogens (tertiary/aromatic N) is 2. The Balaban J connectivity index is 1.65. The van der Waals surface area contributed by atoms with Gasteiger partial charge in [0, 0.05) is 18.8 Å². The van der Waals surface area contributed by atoms with Crippen molar-refractivity contribution in [1.29, 1.82) is 0 Å². The maximum absolute atomic E-state index is 12.2. The second-order valence-corrected chi connectivity index (χ2v) is 8.18. The Morgan fingerprint density at radius 3 is 2.13 bits per heavy atom. The van der Waals surface area contributed by atoms with E-state index < -0.39 is 32.8 Å². The third-order valence-electron chi connectivity index (χ3n) is 4.28. The first kappa shape index (κ1) is 15.7. The quantitative estimate of drug-likeness (QED) is 0.718. The first-order chi connectivity index (χ1) is 10.8. The Morgan fingerprint density at radius 1 is 1.13 bits per heavy atom. The van der Waals surface area contributed by atoms with Crippen molar-refractivity contribution in [2.75, 3.05) is 25.4 Å². The molecule has 2 heterocycles. The number of imide groups is 1. The Hall–Kier alpha value is -2.22. The summed E-state index contributed by atoms with van der Waals surface area (Å²) in [6, 6.07) is 6.41. The van der Waals surface area contributed by atoms with Crippen molar-refractivity contribution in [3.63, 3.8) is 0 Å². The lowest BCUT2D eigenvalue weighted by molar-refractivity contribution is -0.134. The number of fused-ring (bicyclic) bond motifs is 1. The third kappa shape index (κ3) is 2.52. The molecule has 122 valence electrons. The number of likely N-dealkylation sites (tertiary alicyclic amines) is 1. The summed E-state index contributed by atoms with van der Waals surface area (Å²) in [6.07, 6.45) is 0. The van der Waals surface area contributed by atoms with E-state index in [0.29, 0.717) is 11.1 Å². The van der Waals surface area contributed by atoms with Crippen LogP contribution in [0.3, 0.4) is 0 Å². The molecular weight excluding hydrogens is 320 g/mol. The van der Waals surface area contributed by atoms with Gasteiger partial charge in [0.2, 0.25) is 5.91 Å². The highest BCUT2D eigenvalue weighted by Gasteiger charge is 2.42. The van der Waals surface area contributed by atoms with Crippen LogP contribution in [0.1, 0.15) is 27.6 Å². The lowest BCUT2D eigenvalue weighted by Gasteiger charge is -2.39. The van der Waals surface area contributed by atoms with Crippen LogP contribution in [0.2, 0.25) is 0 Å². The van der Waals surface area contributed by atoms with E-state index in [2.05, 4.69) is 0 Å². The molecule has 0 atom stereocenters. The highest BCUT2D eigenvalue weighted by Crippen LogP contribution is 2.23. The number of amides is 3. The molecule has 3 amide bonds. The summed E-state index contributed by atoms with van der Waals surface area (Å²) >= 11 is 0. The summed E-state index contributed by atoms with van der Waals surface area (Å²) in [5.74, 6) is -1.35. The summed E-state index contributed by atoms with van der Waals surface area (Å²) in [5.41, 5.74) is 0.584. The van der Waals surface area contributed by atoms with Crippen molar-refractivity contribution < 1.29 is 22.8 Å². The zero-order valence-corrected chi connectivity index (χ0v) is 13.4. The molecule has 0 unspecified atom stereocenters. The van der Waals surface area contributed by atoms with Crippen molar-refractivity contribution in [1.82, 2.24) is 9.80 Å². The van der Waals surface area contributed by atoms with E-state index in [1.54, 1.807) is 31.2 Å². The number of hydrogen-bond donors (Lipinski definition) is 0. The van der Waals surface area contributed by atoms with Crippen molar-refractivity contribution in [2.24, 2.45) is 0 Å². The Labute approximate surface area is 133 Å². The largest absolute Gasteiger partial charge is 0.338 e. The number of sulfone groups is 1. The molecule has 7 nitrogen and oxygen atoms in total. The number of hydrogen-bond acceptors (Lipinski definition) is 5. The topological polar surface area (TPSA) is 91.8 Å². The molecule has 0 N–H and O–H groups in total. The van der Waals surface area contributed by atoms with Gasteiger partial charge in [-0.05, 0) is 12.1 Å². The fourth-order valence-electron chi connectivity index (χ4n) is 2.72. The van der Waals surface area contributed by atoms with Crippen LogP contribution in [0.4, 0.5) is 0 Å². The molecule has 0 saturated carbocycles. The van der Waals surface area contributed by atoms with E-state index in [0.717, 1.165) is 4.90 Å². The van der Waals surface area contributed by atoms with Gasteiger partial charge < -0.3 is 4.90 Å². The van der Waals surface area contributed by atoms with Crippen LogP contribution < -0.4 is 0 Å². The van der Waals surface area contributed by atoms with Crippen molar-refractivity contribution >= 4 is 27.6 Å². The van der Waals surface area contributed by atoms with Crippen LogP contribution in [0.5, 0.6) is 0 Å². The SMILES string of the molecule is CCS(=O)(=O)C1CN(C(=O)CN2C(=O)c3ccccc3C2=O)C1. The normalized spacial score (nSPS) is 18.1. The maximum Gasteiger partial charge on any atom is 0.262 e. The summed E-state index contributed by atoms with van der Waals surface area (Å²) in [7, 11) is -3.16. The predicted octanol–water partition coefficient (Wildman–Crippen LogP) is -0.0719. The molecule has 1 saturated heterocycles. The van der Waals surface area contributed by atoms with E-state index in [4.69, 9.17) is 0 Å². The van der Waals surface area contributed by atoms with Crippen LogP contribution in [0.25, 0.3) is 0 Å². The van der Waals surface area contributed by atoms with Gasteiger partial charge in [0.15, 0.2) is 9.84 Å². The second-order valence-electron chi connectivity index (χ2n) is 5.61. The van der Waals surface area contributed by atoms with Gasteiger partial charge >= 0.3 is 0 Å². The molecule has 0 aromatic heterocycles.